The van der Waals surface area contributed by atoms with Crippen LogP contribution in [-0.4, -0.2) is 25.1 Å². The summed E-state index contributed by atoms with van der Waals surface area (Å²) in [6, 6.07) is 6.48. The van der Waals surface area contributed by atoms with Gasteiger partial charge in [0, 0.05) is 17.8 Å². The predicted molar refractivity (Wildman–Crippen MR) is 79.2 cm³/mol. The Morgan fingerprint density at radius 2 is 2.00 bits per heavy atom. The van der Waals surface area contributed by atoms with Gasteiger partial charge in [0.1, 0.15) is 17.4 Å². The van der Waals surface area contributed by atoms with Crippen LogP contribution < -0.4 is 5.32 Å². The Morgan fingerprint density at radius 1 is 1.26 bits per heavy atom. The molecule has 1 aromatic carbocycles. The van der Waals surface area contributed by atoms with Gasteiger partial charge in [0.05, 0.1) is 6.04 Å². The highest BCUT2D eigenvalue weighted by Crippen LogP contribution is 2.18. The van der Waals surface area contributed by atoms with Crippen LogP contribution in [0, 0.1) is 11.6 Å². The van der Waals surface area contributed by atoms with E-state index in [1.807, 2.05) is 0 Å². The first-order valence-electron chi connectivity index (χ1n) is 6.67. The van der Waals surface area contributed by atoms with Gasteiger partial charge in [-0.25, -0.2) is 22.2 Å². The van der Waals surface area contributed by atoms with Crippen LogP contribution >= 0.6 is 0 Å². The lowest BCUT2D eigenvalue weighted by molar-refractivity contribution is -0.119. The smallest absolute Gasteiger partial charge is 0.236 e. The molecule has 1 heterocycles. The van der Waals surface area contributed by atoms with E-state index in [2.05, 4.69) is 10.3 Å². The Hall–Kier alpha value is -2.35. The number of carbonyl (C=O) groups is 1. The van der Waals surface area contributed by atoms with Gasteiger partial charge in [-0.3, -0.25) is 4.79 Å². The first kappa shape index (κ1) is 17.0. The summed E-state index contributed by atoms with van der Waals surface area (Å²) in [7, 11) is -3.88. The van der Waals surface area contributed by atoms with Crippen molar-refractivity contribution in [3.63, 3.8) is 0 Å². The van der Waals surface area contributed by atoms with Crippen LogP contribution in [0.2, 0.25) is 0 Å². The van der Waals surface area contributed by atoms with Crippen LogP contribution in [0.4, 0.5) is 8.78 Å². The highest BCUT2D eigenvalue weighted by molar-refractivity contribution is 7.92. The molecule has 0 spiro atoms. The van der Waals surface area contributed by atoms with E-state index in [0.717, 1.165) is 6.07 Å². The second-order valence-electron chi connectivity index (χ2n) is 4.88. The Balaban J connectivity index is 2.07. The first-order valence-corrected chi connectivity index (χ1v) is 8.33. The number of halogens is 2. The van der Waals surface area contributed by atoms with E-state index < -0.39 is 39.2 Å². The zero-order chi connectivity index (χ0) is 17.0. The number of aromatic nitrogens is 1. The Bertz CT molecular complexity index is 811. The van der Waals surface area contributed by atoms with Crippen molar-refractivity contribution < 1.29 is 22.0 Å². The third kappa shape index (κ3) is 4.32. The molecule has 122 valence electrons. The van der Waals surface area contributed by atoms with E-state index in [1.165, 1.54) is 31.3 Å². The topological polar surface area (TPSA) is 76.1 Å². The van der Waals surface area contributed by atoms with Crippen molar-refractivity contribution in [2.24, 2.45) is 0 Å². The molecule has 23 heavy (non-hydrogen) atoms. The van der Waals surface area contributed by atoms with Crippen LogP contribution in [0.15, 0.2) is 47.6 Å². The molecule has 0 radical (unpaired) electrons. The number of nitrogens with zero attached hydrogens (tertiary/aromatic N) is 1. The zero-order valence-corrected chi connectivity index (χ0v) is 13.0. The van der Waals surface area contributed by atoms with E-state index in [9.17, 15) is 22.0 Å². The lowest BCUT2D eigenvalue weighted by Gasteiger charge is -2.15. The van der Waals surface area contributed by atoms with Crippen molar-refractivity contribution in [3.8, 4) is 0 Å². The minimum Gasteiger partial charge on any atom is -0.349 e. The summed E-state index contributed by atoms with van der Waals surface area (Å²) in [4.78, 5) is 15.6. The average molecular weight is 340 g/mol. The SMILES string of the molecule is C[C@@H](NC(=O)CS(=O)(=O)c1ccccn1)c1ccc(F)cc1F. The van der Waals surface area contributed by atoms with Gasteiger partial charge in [0.15, 0.2) is 5.03 Å². The average Bonchev–Trinajstić information content (AvgIpc) is 2.47. The maximum absolute atomic E-state index is 13.6. The minimum absolute atomic E-state index is 0.0648. The first-order chi connectivity index (χ1) is 10.8. The van der Waals surface area contributed by atoms with Crippen molar-refractivity contribution in [2.75, 3.05) is 5.75 Å². The van der Waals surface area contributed by atoms with Crippen molar-refractivity contribution in [1.29, 1.82) is 0 Å². The standard InChI is InChI=1S/C15H14F2N2O3S/c1-10(12-6-5-11(16)8-13(12)17)19-14(20)9-23(21,22)15-4-2-3-7-18-15/h2-8,10H,9H2,1H3,(H,19,20)/t10-/m1/s1. The molecule has 0 aliphatic heterocycles. The van der Waals surface area contributed by atoms with E-state index in [1.54, 1.807) is 6.07 Å². The van der Waals surface area contributed by atoms with Crippen LogP contribution in [0.3, 0.4) is 0 Å². The van der Waals surface area contributed by atoms with Gasteiger partial charge in [-0.2, -0.15) is 0 Å². The van der Waals surface area contributed by atoms with Crippen molar-refractivity contribution in [3.05, 3.63) is 59.8 Å². The van der Waals surface area contributed by atoms with E-state index in [0.29, 0.717) is 6.07 Å². The van der Waals surface area contributed by atoms with Gasteiger partial charge in [-0.15, -0.1) is 0 Å². The predicted octanol–water partition coefficient (Wildman–Crippen LogP) is 2.01. The number of amides is 1. The molecule has 0 fully saturated rings. The van der Waals surface area contributed by atoms with Gasteiger partial charge in [-0.05, 0) is 25.1 Å². The molecule has 0 saturated carbocycles. The van der Waals surface area contributed by atoms with Gasteiger partial charge >= 0.3 is 0 Å². The van der Waals surface area contributed by atoms with Crippen molar-refractivity contribution in [1.82, 2.24) is 10.3 Å². The summed E-state index contributed by atoms with van der Waals surface area (Å²) in [5, 5.41) is 2.16. The zero-order valence-electron chi connectivity index (χ0n) is 12.2. The van der Waals surface area contributed by atoms with Crippen LogP contribution in [0.1, 0.15) is 18.5 Å². The summed E-state index contributed by atoms with van der Waals surface area (Å²) in [6.45, 7) is 1.47. The molecule has 0 unspecified atom stereocenters. The molecular weight excluding hydrogens is 326 g/mol. The highest BCUT2D eigenvalue weighted by atomic mass is 32.2. The maximum atomic E-state index is 13.6. The molecular formula is C15H14F2N2O3S. The van der Waals surface area contributed by atoms with Gasteiger partial charge < -0.3 is 5.32 Å². The molecule has 1 aromatic heterocycles. The van der Waals surface area contributed by atoms with Crippen molar-refractivity contribution in [2.45, 2.75) is 18.0 Å². The number of benzene rings is 1. The minimum atomic E-state index is -3.88. The second-order valence-corrected chi connectivity index (χ2v) is 6.82. The van der Waals surface area contributed by atoms with E-state index in [4.69, 9.17) is 0 Å². The summed E-state index contributed by atoms with van der Waals surface area (Å²) >= 11 is 0. The molecule has 1 N–H and O–H groups in total. The highest BCUT2D eigenvalue weighted by Gasteiger charge is 2.22. The Kier molecular flexibility index (Phi) is 5.05. The summed E-state index contributed by atoms with van der Waals surface area (Å²) in [5.74, 6) is -3.16. The molecule has 1 atom stereocenters. The largest absolute Gasteiger partial charge is 0.349 e. The fourth-order valence-corrected chi connectivity index (χ4v) is 3.07. The number of hydrogen-bond acceptors (Lipinski definition) is 4. The number of sulfone groups is 1. The molecule has 0 bridgehead atoms. The number of carbonyl (C=O) groups excluding carboxylic acids is 1. The quantitative estimate of drug-likeness (QED) is 0.903. The van der Waals surface area contributed by atoms with Crippen molar-refractivity contribution >= 4 is 15.7 Å². The fourth-order valence-electron chi connectivity index (χ4n) is 1.99. The molecule has 2 rings (SSSR count). The summed E-state index contributed by atoms with van der Waals surface area (Å²) < 4.78 is 50.6. The number of pyridine rings is 1. The lowest BCUT2D eigenvalue weighted by Crippen LogP contribution is -2.33. The molecule has 1 amide bonds. The summed E-state index contributed by atoms with van der Waals surface area (Å²) in [6.07, 6.45) is 1.31. The lowest BCUT2D eigenvalue weighted by atomic mass is 10.1. The molecule has 8 heteroatoms. The summed E-state index contributed by atoms with van der Waals surface area (Å²) in [5.41, 5.74) is 0.0648. The second kappa shape index (κ2) is 6.82. The maximum Gasteiger partial charge on any atom is 0.236 e. The number of hydrogen-bond donors (Lipinski definition) is 1. The van der Waals surface area contributed by atoms with Gasteiger partial charge in [0.2, 0.25) is 15.7 Å². The van der Waals surface area contributed by atoms with E-state index >= 15 is 0 Å². The monoisotopic (exact) mass is 340 g/mol. The van der Waals surface area contributed by atoms with Gasteiger partial charge in [-0.1, -0.05) is 12.1 Å². The van der Waals surface area contributed by atoms with Crippen LogP contribution in [0.5, 0.6) is 0 Å². The third-order valence-corrected chi connectivity index (χ3v) is 4.61. The van der Waals surface area contributed by atoms with E-state index in [-0.39, 0.29) is 10.6 Å². The molecule has 0 aliphatic carbocycles. The van der Waals surface area contributed by atoms with Crippen LogP contribution in [-0.2, 0) is 14.6 Å². The number of rotatable bonds is 5. The fraction of sp³-hybridized carbons (Fsp3) is 0.200. The molecule has 0 saturated heterocycles. The van der Waals surface area contributed by atoms with Gasteiger partial charge in [0.25, 0.3) is 0 Å². The molecule has 5 nitrogen and oxygen atoms in total. The molecule has 2 aromatic rings. The Morgan fingerprint density at radius 3 is 2.61 bits per heavy atom. The third-order valence-electron chi connectivity index (χ3n) is 3.08. The molecule has 0 aliphatic rings. The normalized spacial score (nSPS) is 12.7. The number of nitrogens with one attached hydrogen (secondary N) is 1. The Labute approximate surface area is 132 Å². The van der Waals surface area contributed by atoms with Crippen LogP contribution in [0.25, 0.3) is 0 Å².